The Labute approximate surface area is 103 Å². The number of carbonyl (C=O) groups is 2. The quantitative estimate of drug-likeness (QED) is 0.567. The fourth-order valence-electron chi connectivity index (χ4n) is 2.36. The van der Waals surface area contributed by atoms with Crippen molar-refractivity contribution in [2.24, 2.45) is 0 Å². The number of hydrogen-bond donors (Lipinski definition) is 0. The second-order valence-electron chi connectivity index (χ2n) is 4.39. The van der Waals surface area contributed by atoms with Crippen LogP contribution in [-0.2, 0) is 14.9 Å². The molecule has 1 aliphatic heterocycles. The molecule has 1 aromatic rings. The zero-order valence-electron chi connectivity index (χ0n) is 9.20. The molecule has 0 saturated heterocycles. The summed E-state index contributed by atoms with van der Waals surface area (Å²) in [4.78, 5) is 23.4. The molecule has 0 aromatic heterocycles. The number of halogens is 1. The zero-order chi connectivity index (χ0) is 12.2. The molecule has 1 spiro atoms. The van der Waals surface area contributed by atoms with Crippen LogP contribution in [0.25, 0.3) is 0 Å². The SMILES string of the molecule is COC(=O)c1ccc2c(c1)N(Cl)C(=O)C21CC1. The number of hydrogen-bond acceptors (Lipinski definition) is 3. The monoisotopic (exact) mass is 251 g/mol. The summed E-state index contributed by atoms with van der Waals surface area (Å²) < 4.78 is 5.76. The lowest BCUT2D eigenvalue weighted by molar-refractivity contribution is -0.119. The van der Waals surface area contributed by atoms with Crippen LogP contribution in [0, 0.1) is 0 Å². The van der Waals surface area contributed by atoms with Gasteiger partial charge in [-0.15, -0.1) is 0 Å². The number of methoxy groups -OCH3 is 1. The van der Waals surface area contributed by atoms with Crippen molar-refractivity contribution in [2.75, 3.05) is 11.5 Å². The van der Waals surface area contributed by atoms with Gasteiger partial charge < -0.3 is 4.74 Å². The van der Waals surface area contributed by atoms with Crippen LogP contribution in [-0.4, -0.2) is 19.0 Å². The molecule has 1 fully saturated rings. The number of benzene rings is 1. The Morgan fingerprint density at radius 1 is 1.47 bits per heavy atom. The predicted octanol–water partition coefficient (Wildman–Crippen LogP) is 2.01. The smallest absolute Gasteiger partial charge is 0.337 e. The fraction of sp³-hybridized carbons (Fsp3) is 0.333. The average Bonchev–Trinajstić information content (AvgIpc) is 3.13. The summed E-state index contributed by atoms with van der Waals surface area (Å²) in [6.45, 7) is 0. The van der Waals surface area contributed by atoms with Crippen LogP contribution in [0.5, 0.6) is 0 Å². The first kappa shape index (κ1) is 10.6. The summed E-state index contributed by atoms with van der Waals surface area (Å²) in [5, 5.41) is 0. The van der Waals surface area contributed by atoms with E-state index in [1.54, 1.807) is 18.2 Å². The van der Waals surface area contributed by atoms with Gasteiger partial charge in [-0.05, 0) is 30.5 Å². The third kappa shape index (κ3) is 1.24. The van der Waals surface area contributed by atoms with Gasteiger partial charge in [0.15, 0.2) is 0 Å². The summed E-state index contributed by atoms with van der Waals surface area (Å²) in [5.74, 6) is -0.516. The van der Waals surface area contributed by atoms with Crippen LogP contribution in [0.1, 0.15) is 28.8 Å². The molecule has 4 nitrogen and oxygen atoms in total. The Bertz CT molecular complexity index is 537. The van der Waals surface area contributed by atoms with Gasteiger partial charge in [-0.25, -0.2) is 9.21 Å². The molecule has 1 saturated carbocycles. The van der Waals surface area contributed by atoms with Crippen molar-refractivity contribution < 1.29 is 14.3 Å². The third-order valence-electron chi connectivity index (χ3n) is 3.48. The summed E-state index contributed by atoms with van der Waals surface area (Å²) in [6, 6.07) is 5.09. The Kier molecular flexibility index (Phi) is 2.01. The van der Waals surface area contributed by atoms with Crippen molar-refractivity contribution in [3.05, 3.63) is 29.3 Å². The van der Waals surface area contributed by atoms with E-state index in [2.05, 4.69) is 4.74 Å². The Morgan fingerprint density at radius 3 is 2.76 bits per heavy atom. The molecule has 2 aliphatic rings. The van der Waals surface area contributed by atoms with Gasteiger partial charge in [0.25, 0.3) is 5.91 Å². The number of carbonyl (C=O) groups excluding carboxylic acids is 2. The van der Waals surface area contributed by atoms with E-state index in [0.29, 0.717) is 11.3 Å². The Hall–Kier alpha value is -1.55. The van der Waals surface area contributed by atoms with Gasteiger partial charge in [0, 0.05) is 11.8 Å². The minimum atomic E-state index is -0.429. The van der Waals surface area contributed by atoms with Gasteiger partial charge >= 0.3 is 5.97 Å². The number of anilines is 1. The van der Waals surface area contributed by atoms with Crippen LogP contribution < -0.4 is 4.42 Å². The third-order valence-corrected chi connectivity index (χ3v) is 3.82. The average molecular weight is 252 g/mol. The number of esters is 1. The van der Waals surface area contributed by atoms with Crippen LogP contribution in [0.3, 0.4) is 0 Å². The molecule has 1 amide bonds. The molecule has 1 aromatic carbocycles. The van der Waals surface area contributed by atoms with E-state index in [0.717, 1.165) is 22.8 Å². The number of fused-ring (bicyclic) bond motifs is 2. The first-order chi connectivity index (χ1) is 8.10. The first-order valence-electron chi connectivity index (χ1n) is 5.33. The zero-order valence-corrected chi connectivity index (χ0v) is 9.95. The van der Waals surface area contributed by atoms with Crippen molar-refractivity contribution in [2.45, 2.75) is 18.3 Å². The molecular weight excluding hydrogens is 242 g/mol. The summed E-state index contributed by atoms with van der Waals surface area (Å²) >= 11 is 5.97. The molecule has 88 valence electrons. The minimum Gasteiger partial charge on any atom is -0.465 e. The lowest BCUT2D eigenvalue weighted by Gasteiger charge is -2.07. The number of amides is 1. The highest BCUT2D eigenvalue weighted by molar-refractivity contribution is 6.40. The van der Waals surface area contributed by atoms with Gasteiger partial charge in [0.1, 0.15) is 0 Å². The summed E-state index contributed by atoms with van der Waals surface area (Å²) in [7, 11) is 1.32. The molecule has 3 rings (SSSR count). The summed E-state index contributed by atoms with van der Waals surface area (Å²) in [5.41, 5.74) is 1.52. The first-order valence-corrected chi connectivity index (χ1v) is 5.67. The van der Waals surface area contributed by atoms with E-state index < -0.39 is 11.4 Å². The van der Waals surface area contributed by atoms with Crippen LogP contribution >= 0.6 is 11.8 Å². The number of ether oxygens (including phenoxy) is 1. The molecule has 1 aliphatic carbocycles. The normalized spacial score (nSPS) is 19.4. The van der Waals surface area contributed by atoms with Crippen molar-refractivity contribution in [3.8, 4) is 0 Å². The Balaban J connectivity index is 2.12. The molecule has 0 N–H and O–H groups in total. The summed E-state index contributed by atoms with van der Waals surface area (Å²) in [6.07, 6.45) is 1.67. The van der Waals surface area contributed by atoms with Crippen LogP contribution in [0.4, 0.5) is 5.69 Å². The van der Waals surface area contributed by atoms with Crippen molar-refractivity contribution in [1.29, 1.82) is 0 Å². The van der Waals surface area contributed by atoms with E-state index in [-0.39, 0.29) is 5.91 Å². The largest absolute Gasteiger partial charge is 0.465 e. The lowest BCUT2D eigenvalue weighted by Crippen LogP contribution is -2.23. The van der Waals surface area contributed by atoms with Gasteiger partial charge in [-0.3, -0.25) is 4.79 Å². The molecule has 0 unspecified atom stereocenters. The van der Waals surface area contributed by atoms with Crippen molar-refractivity contribution in [3.63, 3.8) is 0 Å². The lowest BCUT2D eigenvalue weighted by atomic mass is 9.97. The van der Waals surface area contributed by atoms with Crippen molar-refractivity contribution in [1.82, 2.24) is 0 Å². The highest BCUT2D eigenvalue weighted by Crippen LogP contribution is 2.57. The van der Waals surface area contributed by atoms with E-state index >= 15 is 0 Å². The highest BCUT2D eigenvalue weighted by Gasteiger charge is 2.59. The van der Waals surface area contributed by atoms with Crippen LogP contribution in [0.15, 0.2) is 18.2 Å². The van der Waals surface area contributed by atoms with Crippen LogP contribution in [0.2, 0.25) is 0 Å². The maximum absolute atomic E-state index is 12.0. The maximum atomic E-state index is 12.0. The standard InChI is InChI=1S/C12H10ClNO3/c1-17-10(15)7-2-3-8-9(6-7)14(13)11(16)12(8)4-5-12/h2-3,6H,4-5H2,1H3. The molecule has 0 radical (unpaired) electrons. The molecule has 17 heavy (non-hydrogen) atoms. The highest BCUT2D eigenvalue weighted by atomic mass is 35.5. The molecule has 1 heterocycles. The maximum Gasteiger partial charge on any atom is 0.337 e. The second kappa shape index (κ2) is 3.23. The van der Waals surface area contributed by atoms with Crippen molar-refractivity contribution >= 4 is 29.3 Å². The van der Waals surface area contributed by atoms with E-state index in [1.165, 1.54) is 7.11 Å². The van der Waals surface area contributed by atoms with E-state index in [4.69, 9.17) is 11.8 Å². The van der Waals surface area contributed by atoms with E-state index in [9.17, 15) is 9.59 Å². The topological polar surface area (TPSA) is 46.6 Å². The fourth-order valence-corrected chi connectivity index (χ4v) is 2.67. The van der Waals surface area contributed by atoms with E-state index in [1.807, 2.05) is 0 Å². The number of rotatable bonds is 1. The van der Waals surface area contributed by atoms with Gasteiger partial charge in [-0.1, -0.05) is 6.07 Å². The van der Waals surface area contributed by atoms with Gasteiger partial charge in [0.05, 0.1) is 23.8 Å². The number of nitrogens with zero attached hydrogens (tertiary/aromatic N) is 1. The molecule has 5 heteroatoms. The van der Waals surface area contributed by atoms with Gasteiger partial charge in [-0.2, -0.15) is 0 Å². The minimum absolute atomic E-state index is 0.0869. The molecular formula is C12H10ClNO3. The van der Waals surface area contributed by atoms with Gasteiger partial charge in [0.2, 0.25) is 0 Å². The molecule has 0 atom stereocenters. The Morgan fingerprint density at radius 2 is 2.18 bits per heavy atom. The predicted molar refractivity (Wildman–Crippen MR) is 62.0 cm³/mol. The molecule has 0 bridgehead atoms. The second-order valence-corrected chi connectivity index (χ2v) is 4.73.